The highest BCUT2D eigenvalue weighted by Gasteiger charge is 2.21. The van der Waals surface area contributed by atoms with Crippen LogP contribution in [0.15, 0.2) is 42.5 Å². The van der Waals surface area contributed by atoms with Crippen LogP contribution < -0.4 is 25.0 Å². The summed E-state index contributed by atoms with van der Waals surface area (Å²) < 4.78 is 10.8. The lowest BCUT2D eigenvalue weighted by atomic mass is 10.1. The molecule has 0 bridgehead atoms. The van der Waals surface area contributed by atoms with Crippen molar-refractivity contribution < 1.29 is 19.1 Å². The van der Waals surface area contributed by atoms with Gasteiger partial charge >= 0.3 is 0 Å². The minimum absolute atomic E-state index is 0.167. The van der Waals surface area contributed by atoms with Gasteiger partial charge in [-0.05, 0) is 55.5 Å². The molecular formula is C26H35N3O4. The molecule has 7 nitrogen and oxygen atoms in total. The lowest BCUT2D eigenvalue weighted by molar-refractivity contribution is -0.126. The van der Waals surface area contributed by atoms with E-state index in [1.165, 1.54) is 12.8 Å². The van der Waals surface area contributed by atoms with Crippen LogP contribution >= 0.6 is 0 Å². The SMILES string of the molecule is CCCC(NC(=O)CCc1cccc(OC)c1OC)C(=O)Nc1cccc(N2CCCC2)c1. The quantitative estimate of drug-likeness (QED) is 0.534. The van der Waals surface area contributed by atoms with Crippen molar-refractivity contribution in [3.8, 4) is 11.5 Å². The Morgan fingerprint density at radius 2 is 1.82 bits per heavy atom. The number of benzene rings is 2. The van der Waals surface area contributed by atoms with Crippen LogP contribution in [0.4, 0.5) is 11.4 Å². The molecule has 0 spiro atoms. The number of aryl methyl sites for hydroxylation is 1. The second kappa shape index (κ2) is 12.1. The van der Waals surface area contributed by atoms with E-state index in [1.54, 1.807) is 14.2 Å². The highest BCUT2D eigenvalue weighted by atomic mass is 16.5. The van der Waals surface area contributed by atoms with Crippen LogP contribution in [0.2, 0.25) is 0 Å². The van der Waals surface area contributed by atoms with Crippen molar-refractivity contribution in [3.05, 3.63) is 48.0 Å². The van der Waals surface area contributed by atoms with Crippen LogP contribution in [0.25, 0.3) is 0 Å². The fourth-order valence-corrected chi connectivity index (χ4v) is 4.21. The Morgan fingerprint density at radius 3 is 2.52 bits per heavy atom. The zero-order chi connectivity index (χ0) is 23.6. The lowest BCUT2D eigenvalue weighted by Gasteiger charge is -2.20. The molecule has 2 aromatic rings. The first-order valence-corrected chi connectivity index (χ1v) is 11.7. The number of carbonyl (C=O) groups is 2. The third-order valence-corrected chi connectivity index (χ3v) is 5.92. The van der Waals surface area contributed by atoms with E-state index in [-0.39, 0.29) is 18.2 Å². The van der Waals surface area contributed by atoms with Gasteiger partial charge < -0.3 is 25.0 Å². The summed E-state index contributed by atoms with van der Waals surface area (Å²) in [6.07, 6.45) is 4.50. The number of methoxy groups -OCH3 is 2. The standard InChI is InChI=1S/C26H35N3O4/c1-4-9-22(26(31)27-20-11-8-12-21(18-20)29-16-5-6-17-29)28-24(30)15-14-19-10-7-13-23(32-2)25(19)33-3/h7-8,10-13,18,22H,4-6,9,14-17H2,1-3H3,(H,27,31)(H,28,30). The number of hydrogen-bond acceptors (Lipinski definition) is 5. The molecule has 7 heteroatoms. The van der Waals surface area contributed by atoms with E-state index in [9.17, 15) is 9.59 Å². The zero-order valence-corrected chi connectivity index (χ0v) is 19.9. The van der Waals surface area contributed by atoms with Crippen molar-refractivity contribution in [2.24, 2.45) is 0 Å². The van der Waals surface area contributed by atoms with Crippen LogP contribution in [0.3, 0.4) is 0 Å². The Hall–Kier alpha value is -3.22. The van der Waals surface area contributed by atoms with Crippen LogP contribution in [-0.2, 0) is 16.0 Å². The molecule has 2 N–H and O–H groups in total. The van der Waals surface area contributed by atoms with Crippen LogP contribution in [0.1, 0.15) is 44.6 Å². The number of rotatable bonds is 11. The molecule has 0 aromatic heterocycles. The van der Waals surface area contributed by atoms with E-state index in [2.05, 4.69) is 21.6 Å². The van der Waals surface area contributed by atoms with Gasteiger partial charge in [0.25, 0.3) is 0 Å². The molecule has 2 aromatic carbocycles. The molecule has 0 radical (unpaired) electrons. The van der Waals surface area contributed by atoms with Gasteiger partial charge in [-0.2, -0.15) is 0 Å². The summed E-state index contributed by atoms with van der Waals surface area (Å²) in [5.41, 5.74) is 2.76. The minimum atomic E-state index is -0.579. The molecule has 1 heterocycles. The molecule has 0 aliphatic carbocycles. The maximum Gasteiger partial charge on any atom is 0.246 e. The predicted molar refractivity (Wildman–Crippen MR) is 131 cm³/mol. The third kappa shape index (κ3) is 6.63. The van der Waals surface area contributed by atoms with E-state index < -0.39 is 6.04 Å². The maximum atomic E-state index is 13.0. The highest BCUT2D eigenvalue weighted by Crippen LogP contribution is 2.31. The van der Waals surface area contributed by atoms with Gasteiger partial charge in [0.1, 0.15) is 6.04 Å². The fraction of sp³-hybridized carbons (Fsp3) is 0.462. The molecule has 178 valence electrons. The number of ether oxygens (including phenoxy) is 2. The predicted octanol–water partition coefficient (Wildman–Crippen LogP) is 4.16. The number of carbonyl (C=O) groups excluding carboxylic acids is 2. The van der Waals surface area contributed by atoms with Crippen molar-refractivity contribution in [2.75, 3.05) is 37.5 Å². The second-order valence-corrected chi connectivity index (χ2v) is 8.30. The van der Waals surface area contributed by atoms with Crippen molar-refractivity contribution in [1.29, 1.82) is 0 Å². The first kappa shape index (κ1) is 24.4. The fourth-order valence-electron chi connectivity index (χ4n) is 4.21. The summed E-state index contributed by atoms with van der Waals surface area (Å²) in [5.74, 6) is 0.908. The van der Waals surface area contributed by atoms with E-state index in [4.69, 9.17) is 9.47 Å². The molecule has 33 heavy (non-hydrogen) atoms. The molecule has 1 aliphatic heterocycles. The normalized spacial score (nSPS) is 14.0. The summed E-state index contributed by atoms with van der Waals surface area (Å²) in [6.45, 7) is 4.09. The second-order valence-electron chi connectivity index (χ2n) is 8.30. The summed E-state index contributed by atoms with van der Waals surface area (Å²) in [5, 5.41) is 5.90. The lowest BCUT2D eigenvalue weighted by Crippen LogP contribution is -2.43. The van der Waals surface area contributed by atoms with Gasteiger partial charge in [0, 0.05) is 30.9 Å². The number of hydrogen-bond donors (Lipinski definition) is 2. The molecule has 1 aliphatic rings. The molecular weight excluding hydrogens is 418 g/mol. The smallest absolute Gasteiger partial charge is 0.246 e. The average molecular weight is 454 g/mol. The number of nitrogens with one attached hydrogen (secondary N) is 2. The van der Waals surface area contributed by atoms with E-state index in [1.807, 2.05) is 43.3 Å². The Morgan fingerprint density at radius 1 is 1.06 bits per heavy atom. The molecule has 3 rings (SSSR count). The van der Waals surface area contributed by atoms with Gasteiger partial charge in [0.15, 0.2) is 11.5 Å². The van der Waals surface area contributed by atoms with Crippen molar-refractivity contribution in [1.82, 2.24) is 5.32 Å². The van der Waals surface area contributed by atoms with Gasteiger partial charge in [-0.15, -0.1) is 0 Å². The molecule has 1 unspecified atom stereocenters. The van der Waals surface area contributed by atoms with E-state index in [0.29, 0.717) is 24.3 Å². The largest absolute Gasteiger partial charge is 0.493 e. The third-order valence-electron chi connectivity index (χ3n) is 5.92. The Bertz CT molecular complexity index is 941. The Labute approximate surface area is 196 Å². The first-order chi connectivity index (χ1) is 16.0. The van der Waals surface area contributed by atoms with Crippen LogP contribution in [0, 0.1) is 0 Å². The Kier molecular flexibility index (Phi) is 8.98. The van der Waals surface area contributed by atoms with Gasteiger partial charge in [-0.3, -0.25) is 9.59 Å². The minimum Gasteiger partial charge on any atom is -0.493 e. The van der Waals surface area contributed by atoms with Gasteiger partial charge in [-0.25, -0.2) is 0 Å². The summed E-state index contributed by atoms with van der Waals surface area (Å²) in [6, 6.07) is 12.9. The van der Waals surface area contributed by atoms with Crippen LogP contribution in [-0.4, -0.2) is 45.2 Å². The Balaban J connectivity index is 1.59. The van der Waals surface area contributed by atoms with Gasteiger partial charge in [-0.1, -0.05) is 31.5 Å². The number of amides is 2. The van der Waals surface area contributed by atoms with Gasteiger partial charge in [0.2, 0.25) is 11.8 Å². The maximum absolute atomic E-state index is 13.0. The summed E-state index contributed by atoms with van der Waals surface area (Å²) in [7, 11) is 3.17. The topological polar surface area (TPSA) is 79.9 Å². The van der Waals surface area contributed by atoms with Crippen molar-refractivity contribution in [3.63, 3.8) is 0 Å². The molecule has 1 fully saturated rings. The van der Waals surface area contributed by atoms with Crippen molar-refractivity contribution >= 4 is 23.2 Å². The van der Waals surface area contributed by atoms with E-state index >= 15 is 0 Å². The number of nitrogens with zero attached hydrogens (tertiary/aromatic N) is 1. The van der Waals surface area contributed by atoms with Gasteiger partial charge in [0.05, 0.1) is 14.2 Å². The van der Waals surface area contributed by atoms with E-state index in [0.717, 1.165) is 36.4 Å². The summed E-state index contributed by atoms with van der Waals surface area (Å²) >= 11 is 0. The molecule has 1 atom stereocenters. The molecule has 1 saturated heterocycles. The van der Waals surface area contributed by atoms with Crippen molar-refractivity contribution in [2.45, 2.75) is 51.5 Å². The monoisotopic (exact) mass is 453 g/mol. The molecule has 0 saturated carbocycles. The summed E-state index contributed by atoms with van der Waals surface area (Å²) in [4.78, 5) is 28.0. The molecule has 2 amide bonds. The average Bonchev–Trinajstić information content (AvgIpc) is 3.37. The van der Waals surface area contributed by atoms with Crippen LogP contribution in [0.5, 0.6) is 11.5 Å². The first-order valence-electron chi connectivity index (χ1n) is 11.7. The zero-order valence-electron chi connectivity index (χ0n) is 19.9. The number of para-hydroxylation sites is 1. The number of anilines is 2. The highest BCUT2D eigenvalue weighted by molar-refractivity contribution is 5.97.